The van der Waals surface area contributed by atoms with Gasteiger partial charge in [-0.25, -0.2) is 14.4 Å². The molecule has 1 N–H and O–H groups in total. The molecule has 1 saturated heterocycles. The van der Waals surface area contributed by atoms with E-state index in [1.165, 1.54) is 18.5 Å². The highest BCUT2D eigenvalue weighted by atomic mass is 35.5. The molecule has 1 aliphatic heterocycles. The summed E-state index contributed by atoms with van der Waals surface area (Å²) in [6.45, 7) is 10.9. The fourth-order valence-corrected chi connectivity index (χ4v) is 4.35. The first-order valence-electron chi connectivity index (χ1n) is 11.9. The van der Waals surface area contributed by atoms with Crippen molar-refractivity contribution in [3.8, 4) is 17.6 Å². The number of nitrogens with one attached hydrogen (secondary N) is 1. The Balaban J connectivity index is 1.71. The second-order valence-corrected chi connectivity index (χ2v) is 9.63. The Morgan fingerprint density at radius 2 is 1.97 bits per heavy atom. The lowest BCUT2D eigenvalue weighted by atomic mass is 10.0. The normalized spacial score (nSPS) is 15.4. The fraction of sp³-hybridized carbons (Fsp3) is 0.407. The van der Waals surface area contributed by atoms with E-state index in [1.807, 2.05) is 19.1 Å². The smallest absolute Gasteiger partial charge is 0.141 e. The Hall–Kier alpha value is -2.92. The van der Waals surface area contributed by atoms with Gasteiger partial charge >= 0.3 is 0 Å². The summed E-state index contributed by atoms with van der Waals surface area (Å²) in [6.07, 6.45) is 2.61. The van der Waals surface area contributed by atoms with Crippen molar-refractivity contribution >= 4 is 34.0 Å². The maximum absolute atomic E-state index is 13.6. The summed E-state index contributed by atoms with van der Waals surface area (Å²) in [6, 6.07) is 8.31. The van der Waals surface area contributed by atoms with Gasteiger partial charge < -0.3 is 15.0 Å². The number of halogens is 2. The standard InChI is InChI=1S/C27H31ClFN5O/c1-5-35-25-17-24-21(26(31-18-30-24)32-20-7-8-23(29)22(28)16-20)15-19(25)9-10-27(2,3)34-12-6-11-33(4)13-14-34/h7-8,15-18H,5-6,11-14H2,1-4H3,(H,30,31,32). The van der Waals surface area contributed by atoms with Crippen LogP contribution in [0.4, 0.5) is 15.9 Å². The zero-order valence-corrected chi connectivity index (χ0v) is 21.4. The molecule has 184 valence electrons. The van der Waals surface area contributed by atoms with Crippen molar-refractivity contribution in [2.75, 3.05) is 45.2 Å². The minimum Gasteiger partial charge on any atom is -0.492 e. The van der Waals surface area contributed by atoms with Crippen LogP contribution in [0.1, 0.15) is 32.8 Å². The maximum atomic E-state index is 13.6. The quantitative estimate of drug-likeness (QED) is 0.483. The second kappa shape index (κ2) is 10.8. The largest absolute Gasteiger partial charge is 0.492 e. The molecule has 0 bridgehead atoms. The average molecular weight is 496 g/mol. The van der Waals surface area contributed by atoms with Crippen LogP contribution in [0.5, 0.6) is 5.75 Å². The highest BCUT2D eigenvalue weighted by Gasteiger charge is 2.26. The Morgan fingerprint density at radius 3 is 2.74 bits per heavy atom. The zero-order chi connectivity index (χ0) is 25.0. The molecule has 1 fully saturated rings. The minimum absolute atomic E-state index is 0.0421. The molecule has 1 aliphatic rings. The van der Waals surface area contributed by atoms with Gasteiger partial charge in [-0.1, -0.05) is 23.4 Å². The molecule has 6 nitrogen and oxygen atoms in total. The molecule has 8 heteroatoms. The summed E-state index contributed by atoms with van der Waals surface area (Å²) in [4.78, 5) is 13.6. The lowest BCUT2D eigenvalue weighted by molar-refractivity contribution is 0.176. The van der Waals surface area contributed by atoms with Gasteiger partial charge in [-0.2, -0.15) is 0 Å². The van der Waals surface area contributed by atoms with Gasteiger partial charge in [0.25, 0.3) is 0 Å². The molecular weight excluding hydrogens is 465 g/mol. The molecule has 1 aromatic heterocycles. The average Bonchev–Trinajstić information content (AvgIpc) is 3.05. The maximum Gasteiger partial charge on any atom is 0.141 e. The Morgan fingerprint density at radius 1 is 1.14 bits per heavy atom. The third kappa shape index (κ3) is 6.02. The summed E-state index contributed by atoms with van der Waals surface area (Å²) >= 11 is 5.96. The van der Waals surface area contributed by atoms with E-state index in [4.69, 9.17) is 16.3 Å². The van der Waals surface area contributed by atoms with E-state index < -0.39 is 5.82 Å². The highest BCUT2D eigenvalue weighted by molar-refractivity contribution is 6.31. The number of rotatable bonds is 5. The number of nitrogens with zero attached hydrogens (tertiary/aromatic N) is 4. The molecule has 0 aliphatic carbocycles. The summed E-state index contributed by atoms with van der Waals surface area (Å²) in [7, 11) is 2.17. The number of benzene rings is 2. The van der Waals surface area contributed by atoms with Gasteiger partial charge in [0.05, 0.1) is 28.2 Å². The predicted molar refractivity (Wildman–Crippen MR) is 140 cm³/mol. The monoisotopic (exact) mass is 495 g/mol. The number of hydrogen-bond donors (Lipinski definition) is 1. The van der Waals surface area contributed by atoms with E-state index in [2.05, 4.69) is 57.8 Å². The van der Waals surface area contributed by atoms with E-state index in [1.54, 1.807) is 6.07 Å². The number of hydrogen-bond acceptors (Lipinski definition) is 6. The first-order chi connectivity index (χ1) is 16.8. The van der Waals surface area contributed by atoms with Crippen LogP contribution in [0.25, 0.3) is 10.9 Å². The first kappa shape index (κ1) is 25.2. The zero-order valence-electron chi connectivity index (χ0n) is 20.7. The number of fused-ring (bicyclic) bond motifs is 1. The van der Waals surface area contributed by atoms with E-state index in [9.17, 15) is 4.39 Å². The van der Waals surface area contributed by atoms with Gasteiger partial charge in [0.15, 0.2) is 0 Å². The molecule has 4 rings (SSSR count). The topological polar surface area (TPSA) is 53.5 Å². The number of aromatic nitrogens is 2. The molecule has 35 heavy (non-hydrogen) atoms. The van der Waals surface area contributed by atoms with Crippen molar-refractivity contribution in [2.45, 2.75) is 32.7 Å². The van der Waals surface area contributed by atoms with Crippen molar-refractivity contribution < 1.29 is 9.13 Å². The fourth-order valence-electron chi connectivity index (χ4n) is 4.17. The molecule has 0 spiro atoms. The SMILES string of the molecule is CCOc1cc2ncnc(Nc3ccc(F)c(Cl)c3)c2cc1C#CC(C)(C)N1CCCN(C)CC1. The second-order valence-electron chi connectivity index (χ2n) is 9.23. The van der Waals surface area contributed by atoms with E-state index in [0.717, 1.165) is 49.1 Å². The highest BCUT2D eigenvalue weighted by Crippen LogP contribution is 2.31. The molecular formula is C27H31ClFN5O. The predicted octanol–water partition coefficient (Wildman–Crippen LogP) is 5.33. The van der Waals surface area contributed by atoms with E-state index in [-0.39, 0.29) is 10.6 Å². The van der Waals surface area contributed by atoms with Crippen molar-refractivity contribution in [1.29, 1.82) is 0 Å². The molecule has 3 aromatic rings. The third-order valence-electron chi connectivity index (χ3n) is 6.23. The summed E-state index contributed by atoms with van der Waals surface area (Å²) in [5.41, 5.74) is 1.84. The lowest BCUT2D eigenvalue weighted by Crippen LogP contribution is -2.44. The van der Waals surface area contributed by atoms with Gasteiger partial charge in [0.1, 0.15) is 23.7 Å². The summed E-state index contributed by atoms with van der Waals surface area (Å²) in [5.74, 6) is 7.67. The van der Waals surface area contributed by atoms with Gasteiger partial charge in [-0.05, 0) is 65.0 Å². The van der Waals surface area contributed by atoms with Crippen LogP contribution in [-0.4, -0.2) is 65.1 Å². The van der Waals surface area contributed by atoms with Crippen LogP contribution in [0.3, 0.4) is 0 Å². The van der Waals surface area contributed by atoms with Crippen LogP contribution < -0.4 is 10.1 Å². The van der Waals surface area contributed by atoms with Crippen LogP contribution in [0.2, 0.25) is 5.02 Å². The Kier molecular flexibility index (Phi) is 7.75. The van der Waals surface area contributed by atoms with Gasteiger partial charge in [0.2, 0.25) is 0 Å². The number of ether oxygens (including phenoxy) is 1. The van der Waals surface area contributed by atoms with Gasteiger partial charge in [-0.15, -0.1) is 0 Å². The van der Waals surface area contributed by atoms with Crippen molar-refractivity contribution in [2.24, 2.45) is 0 Å². The minimum atomic E-state index is -0.470. The van der Waals surface area contributed by atoms with Crippen molar-refractivity contribution in [3.05, 3.63) is 53.1 Å². The third-order valence-corrected chi connectivity index (χ3v) is 6.52. The summed E-state index contributed by atoms with van der Waals surface area (Å²) in [5, 5.41) is 4.05. The van der Waals surface area contributed by atoms with Gasteiger partial charge in [-0.3, -0.25) is 4.90 Å². The Bertz CT molecular complexity index is 1270. The van der Waals surface area contributed by atoms with Crippen LogP contribution in [-0.2, 0) is 0 Å². The molecule has 0 atom stereocenters. The molecule has 0 unspecified atom stereocenters. The molecule has 2 heterocycles. The van der Waals surface area contributed by atoms with E-state index in [0.29, 0.717) is 23.9 Å². The first-order valence-corrected chi connectivity index (χ1v) is 12.2. The van der Waals surface area contributed by atoms with Crippen molar-refractivity contribution in [1.82, 2.24) is 19.8 Å². The number of anilines is 2. The van der Waals surface area contributed by atoms with Crippen LogP contribution >= 0.6 is 11.6 Å². The molecule has 0 saturated carbocycles. The Labute approximate surface area is 211 Å². The van der Waals surface area contributed by atoms with Gasteiger partial charge in [0, 0.05) is 36.8 Å². The molecule has 0 radical (unpaired) electrons. The van der Waals surface area contributed by atoms with Crippen molar-refractivity contribution in [3.63, 3.8) is 0 Å². The summed E-state index contributed by atoms with van der Waals surface area (Å²) < 4.78 is 19.5. The molecule has 2 aromatic carbocycles. The van der Waals surface area contributed by atoms with Crippen LogP contribution in [0, 0.1) is 17.7 Å². The number of likely N-dealkylation sites (N-methyl/N-ethyl adjacent to an activating group) is 1. The van der Waals surface area contributed by atoms with Crippen LogP contribution in [0.15, 0.2) is 36.7 Å². The lowest BCUT2D eigenvalue weighted by Gasteiger charge is -2.33. The van der Waals surface area contributed by atoms with E-state index >= 15 is 0 Å². The molecule has 0 amide bonds.